The number of carbonyl (C=O) groups excluding carboxylic acids is 1. The molecule has 0 radical (unpaired) electrons. The van der Waals surface area contributed by atoms with Crippen LogP contribution in [0, 0.1) is 0 Å². The predicted octanol–water partition coefficient (Wildman–Crippen LogP) is 7.78. The highest BCUT2D eigenvalue weighted by atomic mass is 19.4. The summed E-state index contributed by atoms with van der Waals surface area (Å²) in [7, 11) is 0. The van der Waals surface area contributed by atoms with E-state index >= 15 is 0 Å². The van der Waals surface area contributed by atoms with Crippen LogP contribution in [0.15, 0.2) is 18.2 Å². The Bertz CT molecular complexity index is 940. The van der Waals surface area contributed by atoms with E-state index in [-0.39, 0.29) is 18.6 Å². The van der Waals surface area contributed by atoms with E-state index in [1.807, 2.05) is 0 Å². The summed E-state index contributed by atoms with van der Waals surface area (Å²) in [5, 5.41) is 9.72. The zero-order valence-corrected chi connectivity index (χ0v) is 19.7. The molecule has 0 amide bonds. The fourth-order valence-corrected chi connectivity index (χ4v) is 3.13. The van der Waals surface area contributed by atoms with Crippen LogP contribution in [-0.4, -0.2) is 41.6 Å². The molecule has 1 atom stereocenters. The first-order chi connectivity index (χ1) is 16.2. The molecule has 1 N–H and O–H groups in total. The van der Waals surface area contributed by atoms with Gasteiger partial charge in [-0.15, -0.1) is 0 Å². The maximum atomic E-state index is 14.1. The molecule has 1 aromatic rings. The number of ether oxygens (including phenoxy) is 2. The molecule has 16 heteroatoms. The Balaban J connectivity index is 4.28. The number of halogens is 12. The smallest absolute Gasteiger partial charge is 0.429 e. The van der Waals surface area contributed by atoms with Crippen LogP contribution in [0.4, 0.5) is 57.5 Å². The minimum absolute atomic E-state index is 0.0101. The number of hydrogen-bond acceptors (Lipinski definition) is 4. The van der Waals surface area contributed by atoms with Gasteiger partial charge in [0, 0.05) is 11.1 Å². The number of alkyl halides is 12. The first kappa shape index (κ1) is 32.6. The molecule has 0 fully saturated rings. The lowest BCUT2D eigenvalue weighted by atomic mass is 9.81. The predicted molar refractivity (Wildman–Crippen MR) is 102 cm³/mol. The van der Waals surface area contributed by atoms with Gasteiger partial charge < -0.3 is 14.6 Å². The number of carbonyl (C=O) groups is 1. The summed E-state index contributed by atoms with van der Waals surface area (Å²) in [4.78, 5) is 12.0. The first-order valence-corrected chi connectivity index (χ1v) is 10.2. The average Bonchev–Trinajstić information content (AvgIpc) is 2.65. The molecule has 37 heavy (non-hydrogen) atoms. The highest BCUT2D eigenvalue weighted by Crippen LogP contribution is 2.56. The normalized spacial score (nSPS) is 15.4. The van der Waals surface area contributed by atoms with Gasteiger partial charge in [0.2, 0.25) is 0 Å². The van der Waals surface area contributed by atoms with Crippen molar-refractivity contribution in [1.29, 1.82) is 0 Å². The Morgan fingerprint density at radius 1 is 0.757 bits per heavy atom. The third-order valence-electron chi connectivity index (χ3n) is 5.21. The van der Waals surface area contributed by atoms with Gasteiger partial charge in [-0.2, -0.15) is 52.7 Å². The molecule has 0 aliphatic carbocycles. The molecule has 0 aliphatic rings. The lowest BCUT2D eigenvalue weighted by Gasteiger charge is -2.39. The van der Waals surface area contributed by atoms with Crippen molar-refractivity contribution in [2.24, 2.45) is 0 Å². The van der Waals surface area contributed by atoms with Crippen LogP contribution in [0.2, 0.25) is 0 Å². The lowest BCUT2D eigenvalue weighted by Crippen LogP contribution is -2.58. The maximum absolute atomic E-state index is 14.1. The molecule has 0 aliphatic heterocycles. The molecule has 1 rings (SSSR count). The Morgan fingerprint density at radius 2 is 1.16 bits per heavy atom. The monoisotopic (exact) mass is 566 g/mol. The van der Waals surface area contributed by atoms with E-state index in [9.17, 15) is 62.6 Å². The summed E-state index contributed by atoms with van der Waals surface area (Å²) in [6, 6.07) is -0.794. The summed E-state index contributed by atoms with van der Waals surface area (Å²) >= 11 is 0. The molecule has 4 nitrogen and oxygen atoms in total. The lowest BCUT2D eigenvalue weighted by molar-refractivity contribution is -0.379. The fourth-order valence-electron chi connectivity index (χ4n) is 3.13. The topological polar surface area (TPSA) is 55.8 Å². The molecule has 0 aromatic heterocycles. The summed E-state index contributed by atoms with van der Waals surface area (Å²) in [6.07, 6.45) is -29.4. The quantitative estimate of drug-likeness (QED) is 0.292. The van der Waals surface area contributed by atoms with Gasteiger partial charge in [-0.1, -0.05) is 26.0 Å². The Kier molecular flexibility index (Phi) is 8.58. The van der Waals surface area contributed by atoms with Crippen molar-refractivity contribution in [3.8, 4) is 0 Å². The molecule has 0 heterocycles. The van der Waals surface area contributed by atoms with Crippen molar-refractivity contribution in [1.82, 2.24) is 0 Å². The van der Waals surface area contributed by atoms with Crippen molar-refractivity contribution in [2.75, 3.05) is 0 Å². The van der Waals surface area contributed by atoms with E-state index in [0.717, 1.165) is 27.7 Å². The van der Waals surface area contributed by atoms with Crippen LogP contribution < -0.4 is 0 Å². The van der Waals surface area contributed by atoms with E-state index < -0.39 is 76.3 Å². The van der Waals surface area contributed by atoms with Gasteiger partial charge in [-0.05, 0) is 44.7 Å². The second-order valence-electron chi connectivity index (χ2n) is 9.10. The van der Waals surface area contributed by atoms with E-state index in [1.165, 1.54) is 6.92 Å². The zero-order chi connectivity index (χ0) is 29.6. The van der Waals surface area contributed by atoms with Crippen molar-refractivity contribution >= 4 is 6.16 Å². The number of hydrogen-bond donors (Lipinski definition) is 1. The minimum Gasteiger partial charge on any atom is -0.429 e. The van der Waals surface area contributed by atoms with E-state index in [2.05, 4.69) is 9.47 Å². The molecule has 0 bridgehead atoms. The first-order valence-electron chi connectivity index (χ1n) is 10.2. The molecule has 1 aromatic carbocycles. The fraction of sp³-hybridized carbons (Fsp3) is 0.667. The second-order valence-corrected chi connectivity index (χ2v) is 9.10. The Labute approximate surface area is 202 Å². The number of benzene rings is 1. The minimum atomic E-state index is -6.68. The maximum Gasteiger partial charge on any atom is 0.510 e. The standard InChI is InChI=1S/C21H22F12O4/c1-6-10(2)11-7-12(16(35,18(22,23)24)19(25,26)27)9-13(8-11)17(20(28,29)30,21(31,32)33)37-14(34)36-15(3,4)5/h7-10,35H,6H2,1-5H3. The molecule has 1 unspecified atom stereocenters. The van der Waals surface area contributed by atoms with E-state index in [0.29, 0.717) is 0 Å². The number of aliphatic hydroxyl groups is 1. The van der Waals surface area contributed by atoms with Crippen LogP contribution in [-0.2, 0) is 20.7 Å². The third-order valence-corrected chi connectivity index (χ3v) is 5.21. The van der Waals surface area contributed by atoms with Gasteiger partial charge in [0.1, 0.15) is 5.60 Å². The van der Waals surface area contributed by atoms with Gasteiger partial charge in [0.15, 0.2) is 0 Å². The van der Waals surface area contributed by atoms with E-state index in [4.69, 9.17) is 0 Å². The van der Waals surface area contributed by atoms with Gasteiger partial charge >= 0.3 is 36.5 Å². The zero-order valence-electron chi connectivity index (χ0n) is 19.7. The van der Waals surface area contributed by atoms with Crippen LogP contribution in [0.25, 0.3) is 0 Å². The summed E-state index contributed by atoms with van der Waals surface area (Å²) in [6.45, 7) is 5.47. The average molecular weight is 566 g/mol. The molecular formula is C21H22F12O4. The molecule has 0 saturated heterocycles. The van der Waals surface area contributed by atoms with Crippen molar-refractivity contribution in [3.05, 3.63) is 34.9 Å². The summed E-state index contributed by atoms with van der Waals surface area (Å²) in [5.74, 6) is -1.20. The van der Waals surface area contributed by atoms with Crippen molar-refractivity contribution in [3.63, 3.8) is 0 Å². The number of rotatable bonds is 5. The molecule has 0 spiro atoms. The summed E-state index contributed by atoms with van der Waals surface area (Å²) in [5.41, 5.74) is -19.0. The van der Waals surface area contributed by atoms with Crippen LogP contribution in [0.5, 0.6) is 0 Å². The Hall–Kier alpha value is -2.39. The van der Waals surface area contributed by atoms with Crippen LogP contribution in [0.3, 0.4) is 0 Å². The second kappa shape index (κ2) is 9.73. The van der Waals surface area contributed by atoms with E-state index in [1.54, 1.807) is 0 Å². The Morgan fingerprint density at radius 3 is 1.49 bits per heavy atom. The van der Waals surface area contributed by atoms with Crippen LogP contribution in [0.1, 0.15) is 63.6 Å². The van der Waals surface area contributed by atoms with Gasteiger partial charge in [-0.3, -0.25) is 0 Å². The summed E-state index contributed by atoms with van der Waals surface area (Å²) < 4.78 is 173. The SMILES string of the molecule is CCC(C)c1cc(C(O)(C(F)(F)F)C(F)(F)F)cc(C(OC(=O)OC(C)(C)C)(C(F)(F)F)C(F)(F)F)c1. The van der Waals surface area contributed by atoms with Crippen molar-refractivity contribution < 1.29 is 72.1 Å². The van der Waals surface area contributed by atoms with Gasteiger partial charge in [0.25, 0.3) is 5.60 Å². The van der Waals surface area contributed by atoms with Gasteiger partial charge in [0.05, 0.1) is 0 Å². The highest BCUT2D eigenvalue weighted by Gasteiger charge is 2.77. The third kappa shape index (κ3) is 6.20. The molecular weight excluding hydrogens is 544 g/mol. The molecule has 214 valence electrons. The van der Waals surface area contributed by atoms with Crippen LogP contribution >= 0.6 is 0 Å². The van der Waals surface area contributed by atoms with Crippen molar-refractivity contribution in [2.45, 2.75) is 88.5 Å². The largest absolute Gasteiger partial charge is 0.510 e. The van der Waals surface area contributed by atoms with Gasteiger partial charge in [-0.25, -0.2) is 4.79 Å². The molecule has 0 saturated carbocycles. The highest BCUT2D eigenvalue weighted by molar-refractivity contribution is 5.62.